The van der Waals surface area contributed by atoms with E-state index < -0.39 is 12.0 Å². The van der Waals surface area contributed by atoms with Gasteiger partial charge in [0.15, 0.2) is 0 Å². The topological polar surface area (TPSA) is 74.3 Å². The number of benzene rings is 3. The van der Waals surface area contributed by atoms with Crippen LogP contribution in [0.3, 0.4) is 0 Å². The number of piperazine rings is 1. The Kier molecular flexibility index (Phi) is 6.88. The fourth-order valence-corrected chi connectivity index (χ4v) is 4.94. The molecule has 1 saturated heterocycles. The van der Waals surface area contributed by atoms with Crippen LogP contribution in [0.4, 0.5) is 5.69 Å². The van der Waals surface area contributed by atoms with Crippen molar-refractivity contribution in [3.63, 3.8) is 0 Å². The van der Waals surface area contributed by atoms with Gasteiger partial charge < -0.3 is 24.8 Å². The number of methoxy groups -OCH3 is 1. The second kappa shape index (κ2) is 10.4. The zero-order valence-corrected chi connectivity index (χ0v) is 19.9. The second-order valence-corrected chi connectivity index (χ2v) is 8.97. The number of fused-ring (bicyclic) bond motifs is 2. The minimum Gasteiger partial charge on any atom is -0.495 e. The molecule has 1 fully saturated rings. The molecule has 7 nitrogen and oxygen atoms in total. The summed E-state index contributed by atoms with van der Waals surface area (Å²) in [4.78, 5) is 17.8. The lowest BCUT2D eigenvalue weighted by atomic mass is 9.87. The summed E-state index contributed by atoms with van der Waals surface area (Å²) in [6.07, 6.45) is -0.651. The van der Waals surface area contributed by atoms with E-state index in [9.17, 15) is 9.90 Å². The summed E-state index contributed by atoms with van der Waals surface area (Å²) in [5.41, 5.74) is 2.77. The summed E-state index contributed by atoms with van der Waals surface area (Å²) in [5.74, 6) is 1.67. The first kappa shape index (κ1) is 23.2. The smallest absolute Gasteiger partial charge is 0.232 e. The van der Waals surface area contributed by atoms with E-state index in [4.69, 9.17) is 9.47 Å². The highest BCUT2D eigenvalue weighted by Gasteiger charge is 2.32. The van der Waals surface area contributed by atoms with Gasteiger partial charge in [-0.25, -0.2) is 0 Å². The highest BCUT2D eigenvalue weighted by Crippen LogP contribution is 2.43. The molecule has 0 spiro atoms. The number of aliphatic hydroxyl groups excluding tert-OH is 1. The van der Waals surface area contributed by atoms with E-state index in [1.54, 1.807) is 7.11 Å². The zero-order valence-electron chi connectivity index (χ0n) is 19.9. The lowest BCUT2D eigenvalue weighted by Gasteiger charge is -2.37. The molecule has 1 amide bonds. The molecule has 35 heavy (non-hydrogen) atoms. The van der Waals surface area contributed by atoms with E-state index in [1.165, 1.54) is 0 Å². The molecule has 3 aromatic carbocycles. The van der Waals surface area contributed by atoms with Crippen LogP contribution in [-0.2, 0) is 4.79 Å². The van der Waals surface area contributed by atoms with E-state index in [2.05, 4.69) is 21.2 Å². The number of hydrogen-bond donors (Lipinski definition) is 2. The van der Waals surface area contributed by atoms with Gasteiger partial charge >= 0.3 is 0 Å². The van der Waals surface area contributed by atoms with Gasteiger partial charge in [0.2, 0.25) is 5.91 Å². The number of aliphatic hydroxyl groups is 1. The quantitative estimate of drug-likeness (QED) is 0.549. The number of rotatable bonds is 7. The standard InChI is InChI=1S/C28H31N3O4/c1-34-26-13-7-4-10-23(26)31-16-14-30(15-17-31)19-20(32)18-29-28(33)27-21-8-2-5-11-24(21)35-25-12-6-3-9-22(25)27/h2-13,20,27,32H,14-19H2,1H3,(H,29,33). The van der Waals surface area contributed by atoms with Crippen LogP contribution in [0.25, 0.3) is 0 Å². The summed E-state index contributed by atoms with van der Waals surface area (Å²) in [6, 6.07) is 23.3. The first-order chi connectivity index (χ1) is 17.1. The predicted octanol–water partition coefficient (Wildman–Crippen LogP) is 3.23. The van der Waals surface area contributed by atoms with Crippen molar-refractivity contribution < 1.29 is 19.4 Å². The molecule has 2 heterocycles. The average Bonchev–Trinajstić information content (AvgIpc) is 2.90. The van der Waals surface area contributed by atoms with Crippen molar-refractivity contribution in [3.8, 4) is 17.2 Å². The largest absolute Gasteiger partial charge is 0.495 e. The Balaban J connectivity index is 1.16. The third-order valence-electron chi connectivity index (χ3n) is 6.72. The molecule has 2 N–H and O–H groups in total. The van der Waals surface area contributed by atoms with Gasteiger partial charge in [0.25, 0.3) is 0 Å². The Morgan fingerprint density at radius 3 is 2.23 bits per heavy atom. The molecule has 0 saturated carbocycles. The van der Waals surface area contributed by atoms with E-state index in [0.717, 1.165) is 48.7 Å². The number of hydrogen-bond acceptors (Lipinski definition) is 6. The Morgan fingerprint density at radius 1 is 0.971 bits per heavy atom. The Hall–Kier alpha value is -3.55. The van der Waals surface area contributed by atoms with Crippen LogP contribution in [0.15, 0.2) is 72.8 Å². The number of nitrogens with zero attached hydrogens (tertiary/aromatic N) is 2. The summed E-state index contributed by atoms with van der Waals surface area (Å²) >= 11 is 0. The van der Waals surface area contributed by atoms with E-state index in [-0.39, 0.29) is 12.5 Å². The zero-order chi connectivity index (χ0) is 24.2. The summed E-state index contributed by atoms with van der Waals surface area (Å²) in [7, 11) is 1.69. The summed E-state index contributed by atoms with van der Waals surface area (Å²) in [6.45, 7) is 4.10. The molecular weight excluding hydrogens is 442 g/mol. The molecule has 182 valence electrons. The van der Waals surface area contributed by atoms with Gasteiger partial charge in [-0.15, -0.1) is 0 Å². The number of β-amino-alcohol motifs (C(OH)–C–C–N with tert-alkyl or cyclic N) is 1. The van der Waals surface area contributed by atoms with Crippen LogP contribution in [-0.4, -0.2) is 68.4 Å². The van der Waals surface area contributed by atoms with E-state index >= 15 is 0 Å². The second-order valence-electron chi connectivity index (χ2n) is 8.97. The highest BCUT2D eigenvalue weighted by molar-refractivity contribution is 5.89. The molecule has 0 aromatic heterocycles. The fourth-order valence-electron chi connectivity index (χ4n) is 4.94. The number of anilines is 1. The maximum absolute atomic E-state index is 13.3. The third-order valence-corrected chi connectivity index (χ3v) is 6.72. The normalized spacial score (nSPS) is 16.6. The molecule has 0 aliphatic carbocycles. The van der Waals surface area contributed by atoms with Gasteiger partial charge in [-0.1, -0.05) is 48.5 Å². The van der Waals surface area contributed by atoms with Crippen molar-refractivity contribution in [2.75, 3.05) is 51.3 Å². The van der Waals surface area contributed by atoms with Crippen molar-refractivity contribution in [2.45, 2.75) is 12.0 Å². The maximum atomic E-state index is 13.3. The van der Waals surface area contributed by atoms with Gasteiger partial charge in [0.1, 0.15) is 17.2 Å². The number of ether oxygens (including phenoxy) is 2. The molecule has 1 unspecified atom stereocenters. The lowest BCUT2D eigenvalue weighted by Crippen LogP contribution is -2.50. The Morgan fingerprint density at radius 2 is 1.57 bits per heavy atom. The summed E-state index contributed by atoms with van der Waals surface area (Å²) < 4.78 is 11.5. The van der Waals surface area contributed by atoms with Crippen LogP contribution in [0.5, 0.6) is 17.2 Å². The first-order valence-electron chi connectivity index (χ1n) is 12.1. The molecule has 0 bridgehead atoms. The van der Waals surface area contributed by atoms with Crippen LogP contribution in [0, 0.1) is 0 Å². The molecule has 2 aliphatic rings. The fraction of sp³-hybridized carbons (Fsp3) is 0.321. The molecule has 1 atom stereocenters. The minimum atomic E-state index is -0.651. The third kappa shape index (κ3) is 4.97. The van der Waals surface area contributed by atoms with Gasteiger partial charge in [-0.05, 0) is 24.3 Å². The lowest BCUT2D eigenvalue weighted by molar-refractivity contribution is -0.122. The predicted molar refractivity (Wildman–Crippen MR) is 135 cm³/mol. The summed E-state index contributed by atoms with van der Waals surface area (Å²) in [5, 5.41) is 13.7. The number of carbonyl (C=O) groups is 1. The Labute approximate surface area is 205 Å². The number of amides is 1. The maximum Gasteiger partial charge on any atom is 0.232 e. The van der Waals surface area contributed by atoms with E-state index in [0.29, 0.717) is 18.0 Å². The van der Waals surface area contributed by atoms with Gasteiger partial charge in [-0.3, -0.25) is 9.69 Å². The van der Waals surface area contributed by atoms with E-state index in [1.807, 2.05) is 66.7 Å². The van der Waals surface area contributed by atoms with Crippen molar-refractivity contribution in [3.05, 3.63) is 83.9 Å². The van der Waals surface area contributed by atoms with Crippen LogP contribution in [0.2, 0.25) is 0 Å². The number of carbonyl (C=O) groups excluding carboxylic acids is 1. The average molecular weight is 474 g/mol. The van der Waals surface area contributed by atoms with Gasteiger partial charge in [-0.2, -0.15) is 0 Å². The van der Waals surface area contributed by atoms with Crippen molar-refractivity contribution in [1.29, 1.82) is 0 Å². The first-order valence-corrected chi connectivity index (χ1v) is 12.1. The highest BCUT2D eigenvalue weighted by atomic mass is 16.5. The number of para-hydroxylation sites is 4. The SMILES string of the molecule is COc1ccccc1N1CCN(CC(O)CNC(=O)C2c3ccccc3Oc3ccccc32)CC1. The molecule has 0 radical (unpaired) electrons. The molecule has 2 aliphatic heterocycles. The minimum absolute atomic E-state index is 0.131. The monoisotopic (exact) mass is 473 g/mol. The van der Waals surface area contributed by atoms with Gasteiger partial charge in [0.05, 0.1) is 24.8 Å². The van der Waals surface area contributed by atoms with Crippen molar-refractivity contribution >= 4 is 11.6 Å². The molecule has 3 aromatic rings. The van der Waals surface area contributed by atoms with Crippen LogP contribution in [0.1, 0.15) is 17.0 Å². The molecule has 5 rings (SSSR count). The van der Waals surface area contributed by atoms with Crippen molar-refractivity contribution in [1.82, 2.24) is 10.2 Å². The molecular formula is C28H31N3O4. The van der Waals surface area contributed by atoms with Gasteiger partial charge in [0, 0.05) is 50.4 Å². The van der Waals surface area contributed by atoms with Crippen molar-refractivity contribution in [2.24, 2.45) is 0 Å². The van der Waals surface area contributed by atoms with Crippen LogP contribution < -0.4 is 19.7 Å². The number of nitrogens with one attached hydrogen (secondary N) is 1. The molecule has 7 heteroatoms. The van der Waals surface area contributed by atoms with Crippen LogP contribution >= 0.6 is 0 Å². The Bertz CT molecular complexity index is 1130.